The maximum absolute atomic E-state index is 11.8. The Morgan fingerprint density at radius 2 is 1.86 bits per heavy atom. The second-order valence-electron chi connectivity index (χ2n) is 5.01. The van der Waals surface area contributed by atoms with E-state index in [1.807, 2.05) is 6.07 Å². The van der Waals surface area contributed by atoms with Crippen molar-refractivity contribution in [3.63, 3.8) is 0 Å². The fraction of sp³-hybridized carbons (Fsp3) is 0.188. The van der Waals surface area contributed by atoms with Gasteiger partial charge in [0.05, 0.1) is 11.6 Å². The highest BCUT2D eigenvalue weighted by Crippen LogP contribution is 2.38. The molecule has 0 saturated carbocycles. The molecular formula is C16H13NO4. The van der Waals surface area contributed by atoms with Crippen molar-refractivity contribution < 1.29 is 19.8 Å². The molecule has 1 aromatic rings. The van der Waals surface area contributed by atoms with E-state index in [-0.39, 0.29) is 12.0 Å². The van der Waals surface area contributed by atoms with E-state index in [4.69, 9.17) is 10.4 Å². The number of aliphatic carboxylic acids is 2. The molecule has 0 fully saturated rings. The second kappa shape index (κ2) is 5.25. The van der Waals surface area contributed by atoms with Crippen LogP contribution in [0.3, 0.4) is 0 Å². The Bertz CT molecular complexity index is 707. The highest BCUT2D eigenvalue weighted by molar-refractivity contribution is 5.93. The standard InChI is InChI=1S/C16H13NO4/c1-10-6-12(14(18)19)8-16(7-10,15(20)21)13-4-2-11(9-17)3-5-13/h2-7H,8H2,1H3,(H,18,19)(H,20,21). The van der Waals surface area contributed by atoms with E-state index in [1.165, 1.54) is 18.2 Å². The molecule has 0 aliphatic heterocycles. The van der Waals surface area contributed by atoms with Crippen LogP contribution in [0.5, 0.6) is 0 Å². The lowest BCUT2D eigenvalue weighted by atomic mass is 9.71. The summed E-state index contributed by atoms with van der Waals surface area (Å²) in [6.07, 6.45) is 2.91. The van der Waals surface area contributed by atoms with Gasteiger partial charge in [0.1, 0.15) is 5.41 Å². The van der Waals surface area contributed by atoms with Crippen molar-refractivity contribution in [1.29, 1.82) is 5.26 Å². The maximum Gasteiger partial charge on any atom is 0.331 e. The molecule has 2 rings (SSSR count). The predicted octanol–water partition coefficient (Wildman–Crippen LogP) is 2.24. The summed E-state index contributed by atoms with van der Waals surface area (Å²) < 4.78 is 0. The maximum atomic E-state index is 11.8. The zero-order chi connectivity index (χ0) is 15.6. The Morgan fingerprint density at radius 3 is 2.33 bits per heavy atom. The van der Waals surface area contributed by atoms with E-state index in [0.717, 1.165) is 0 Å². The number of nitriles is 1. The topological polar surface area (TPSA) is 98.4 Å². The molecule has 1 atom stereocenters. The zero-order valence-electron chi connectivity index (χ0n) is 11.3. The van der Waals surface area contributed by atoms with Gasteiger partial charge in [-0.15, -0.1) is 0 Å². The van der Waals surface area contributed by atoms with Gasteiger partial charge >= 0.3 is 11.9 Å². The van der Waals surface area contributed by atoms with E-state index in [0.29, 0.717) is 16.7 Å². The molecule has 0 radical (unpaired) electrons. The minimum Gasteiger partial charge on any atom is -0.480 e. The summed E-state index contributed by atoms with van der Waals surface area (Å²) in [5.41, 5.74) is 0.109. The van der Waals surface area contributed by atoms with Gasteiger partial charge in [0.25, 0.3) is 0 Å². The molecule has 5 nitrogen and oxygen atoms in total. The summed E-state index contributed by atoms with van der Waals surface area (Å²) in [7, 11) is 0. The lowest BCUT2D eigenvalue weighted by Gasteiger charge is -2.30. The number of carbonyl (C=O) groups is 2. The van der Waals surface area contributed by atoms with Crippen molar-refractivity contribution in [2.45, 2.75) is 18.8 Å². The quantitative estimate of drug-likeness (QED) is 0.886. The highest BCUT2D eigenvalue weighted by Gasteiger charge is 2.42. The van der Waals surface area contributed by atoms with Crippen LogP contribution in [-0.2, 0) is 15.0 Å². The van der Waals surface area contributed by atoms with Crippen LogP contribution in [0, 0.1) is 11.3 Å². The average molecular weight is 283 g/mol. The van der Waals surface area contributed by atoms with Crippen LogP contribution in [0.25, 0.3) is 0 Å². The van der Waals surface area contributed by atoms with E-state index >= 15 is 0 Å². The molecule has 5 heteroatoms. The van der Waals surface area contributed by atoms with Crippen molar-refractivity contribution in [3.8, 4) is 6.07 Å². The van der Waals surface area contributed by atoms with Crippen LogP contribution in [0.2, 0.25) is 0 Å². The molecule has 21 heavy (non-hydrogen) atoms. The Labute approximate surface area is 121 Å². The number of hydrogen-bond acceptors (Lipinski definition) is 3. The smallest absolute Gasteiger partial charge is 0.331 e. The van der Waals surface area contributed by atoms with Crippen LogP contribution in [0.15, 0.2) is 47.6 Å². The Morgan fingerprint density at radius 1 is 1.24 bits per heavy atom. The summed E-state index contributed by atoms with van der Waals surface area (Å²) in [5.74, 6) is -2.24. The molecular weight excluding hydrogens is 270 g/mol. The lowest BCUT2D eigenvalue weighted by molar-refractivity contribution is -0.142. The fourth-order valence-electron chi connectivity index (χ4n) is 2.53. The van der Waals surface area contributed by atoms with Gasteiger partial charge in [-0.3, -0.25) is 4.79 Å². The van der Waals surface area contributed by atoms with E-state index < -0.39 is 17.4 Å². The molecule has 0 bridgehead atoms. The third-order valence-corrected chi connectivity index (χ3v) is 3.53. The largest absolute Gasteiger partial charge is 0.480 e. The molecule has 2 N–H and O–H groups in total. The first-order chi connectivity index (χ1) is 9.89. The van der Waals surface area contributed by atoms with Crippen molar-refractivity contribution in [3.05, 3.63) is 58.7 Å². The number of nitrogens with zero attached hydrogens (tertiary/aromatic N) is 1. The van der Waals surface area contributed by atoms with E-state index in [1.54, 1.807) is 25.1 Å². The number of rotatable bonds is 3. The molecule has 0 spiro atoms. The summed E-state index contributed by atoms with van der Waals surface area (Å²) in [4.78, 5) is 23.0. The lowest BCUT2D eigenvalue weighted by Crippen LogP contribution is -2.37. The van der Waals surface area contributed by atoms with Gasteiger partial charge in [0.2, 0.25) is 0 Å². The van der Waals surface area contributed by atoms with Crippen LogP contribution >= 0.6 is 0 Å². The van der Waals surface area contributed by atoms with Gasteiger partial charge in [-0.05, 0) is 30.7 Å². The monoisotopic (exact) mass is 283 g/mol. The first-order valence-corrected chi connectivity index (χ1v) is 6.26. The highest BCUT2D eigenvalue weighted by atomic mass is 16.4. The van der Waals surface area contributed by atoms with Gasteiger partial charge in [-0.25, -0.2) is 4.79 Å². The predicted molar refractivity (Wildman–Crippen MR) is 74.6 cm³/mol. The summed E-state index contributed by atoms with van der Waals surface area (Å²) in [5, 5.41) is 27.6. The SMILES string of the molecule is CC1=CC(C(=O)O)(c2ccc(C#N)cc2)CC(C(=O)O)=C1. The number of benzene rings is 1. The molecule has 106 valence electrons. The van der Waals surface area contributed by atoms with Gasteiger partial charge in [-0.2, -0.15) is 5.26 Å². The first-order valence-electron chi connectivity index (χ1n) is 6.26. The average Bonchev–Trinajstić information content (AvgIpc) is 2.46. The minimum atomic E-state index is -1.42. The number of carboxylic acids is 2. The zero-order valence-corrected chi connectivity index (χ0v) is 11.3. The third-order valence-electron chi connectivity index (χ3n) is 3.53. The molecule has 1 unspecified atom stereocenters. The van der Waals surface area contributed by atoms with Crippen LogP contribution < -0.4 is 0 Å². The summed E-state index contributed by atoms with van der Waals surface area (Å²) in [6.45, 7) is 1.67. The number of hydrogen-bond donors (Lipinski definition) is 2. The summed E-state index contributed by atoms with van der Waals surface area (Å²) >= 11 is 0. The van der Waals surface area contributed by atoms with Crippen molar-refractivity contribution >= 4 is 11.9 Å². The van der Waals surface area contributed by atoms with Gasteiger partial charge in [0, 0.05) is 12.0 Å². The van der Waals surface area contributed by atoms with Gasteiger partial charge in [0.15, 0.2) is 0 Å². The number of carboxylic acid groups (broad SMARTS) is 2. The van der Waals surface area contributed by atoms with E-state index in [9.17, 15) is 14.7 Å². The molecule has 1 aromatic carbocycles. The van der Waals surface area contributed by atoms with Gasteiger partial charge in [-0.1, -0.05) is 23.8 Å². The molecule has 0 aromatic heterocycles. The van der Waals surface area contributed by atoms with Crippen LogP contribution in [0.1, 0.15) is 24.5 Å². The van der Waals surface area contributed by atoms with Crippen molar-refractivity contribution in [1.82, 2.24) is 0 Å². The van der Waals surface area contributed by atoms with Crippen molar-refractivity contribution in [2.75, 3.05) is 0 Å². The Balaban J connectivity index is 2.57. The molecule has 1 aliphatic rings. The van der Waals surface area contributed by atoms with Crippen molar-refractivity contribution in [2.24, 2.45) is 0 Å². The molecule has 0 heterocycles. The van der Waals surface area contributed by atoms with E-state index in [2.05, 4.69) is 0 Å². The third kappa shape index (κ3) is 2.56. The first kappa shape index (κ1) is 14.5. The normalized spacial score (nSPS) is 21.0. The number of allylic oxidation sites excluding steroid dienone is 2. The minimum absolute atomic E-state index is 0.0572. The Kier molecular flexibility index (Phi) is 3.64. The Hall–Kier alpha value is -2.87. The van der Waals surface area contributed by atoms with Crippen LogP contribution in [0.4, 0.5) is 0 Å². The second-order valence-corrected chi connectivity index (χ2v) is 5.01. The summed E-state index contributed by atoms with van der Waals surface area (Å²) in [6, 6.07) is 8.14. The molecule has 0 amide bonds. The van der Waals surface area contributed by atoms with Gasteiger partial charge < -0.3 is 10.2 Å². The molecule has 1 aliphatic carbocycles. The fourth-order valence-corrected chi connectivity index (χ4v) is 2.53. The van der Waals surface area contributed by atoms with Crippen LogP contribution in [-0.4, -0.2) is 22.2 Å². The molecule has 0 saturated heterocycles.